The molecular weight excluding hydrogens is 276 g/mol. The summed E-state index contributed by atoms with van der Waals surface area (Å²) in [5, 5.41) is 1.18. The van der Waals surface area contributed by atoms with Crippen molar-refractivity contribution < 1.29 is 0 Å². The van der Waals surface area contributed by atoms with Gasteiger partial charge in [-0.2, -0.15) is 0 Å². The summed E-state index contributed by atoms with van der Waals surface area (Å²) < 4.78 is 0. The van der Waals surface area contributed by atoms with E-state index in [4.69, 9.17) is 11.6 Å². The van der Waals surface area contributed by atoms with E-state index >= 15 is 0 Å². The van der Waals surface area contributed by atoms with Gasteiger partial charge in [0.15, 0.2) is 0 Å². The molecule has 1 heterocycles. The molecule has 1 aromatic heterocycles. The van der Waals surface area contributed by atoms with Gasteiger partial charge in [-0.1, -0.05) is 44.7 Å². The van der Waals surface area contributed by atoms with E-state index in [1.165, 1.54) is 5.56 Å². The van der Waals surface area contributed by atoms with Crippen LogP contribution in [0.15, 0.2) is 40.3 Å². The van der Waals surface area contributed by atoms with Crippen molar-refractivity contribution in [2.45, 2.75) is 43.0 Å². The maximum Gasteiger partial charge on any atom is 0.223 e. The molecule has 0 N–H and O–H groups in total. The standard InChI is InChI=1S/C15H17ClN2S/c1-10-9-13(18-14(16)17-10)19-12-7-5-11(6-8-12)15(2,3)4/h5-9H,1-4H3. The fraction of sp³-hybridized carbons (Fsp3) is 0.333. The van der Waals surface area contributed by atoms with Gasteiger partial charge in [0, 0.05) is 10.6 Å². The molecule has 0 bridgehead atoms. The molecule has 0 spiro atoms. The summed E-state index contributed by atoms with van der Waals surface area (Å²) in [6, 6.07) is 10.5. The molecule has 0 amide bonds. The molecule has 0 aliphatic carbocycles. The summed E-state index contributed by atoms with van der Waals surface area (Å²) in [5.41, 5.74) is 2.39. The van der Waals surface area contributed by atoms with E-state index in [1.807, 2.05) is 13.0 Å². The van der Waals surface area contributed by atoms with Gasteiger partial charge in [0.25, 0.3) is 0 Å². The molecule has 0 radical (unpaired) electrons. The molecular formula is C15H17ClN2S. The summed E-state index contributed by atoms with van der Waals surface area (Å²) in [6.45, 7) is 8.55. The minimum atomic E-state index is 0.179. The van der Waals surface area contributed by atoms with Crippen LogP contribution in [-0.2, 0) is 5.41 Å². The first-order valence-electron chi connectivity index (χ1n) is 6.14. The zero-order valence-electron chi connectivity index (χ0n) is 11.6. The van der Waals surface area contributed by atoms with Gasteiger partial charge in [-0.15, -0.1) is 0 Å². The number of hydrogen-bond acceptors (Lipinski definition) is 3. The number of halogens is 1. The van der Waals surface area contributed by atoms with E-state index in [9.17, 15) is 0 Å². The van der Waals surface area contributed by atoms with Crippen molar-refractivity contribution in [3.8, 4) is 0 Å². The highest BCUT2D eigenvalue weighted by Crippen LogP contribution is 2.29. The second-order valence-electron chi connectivity index (χ2n) is 5.49. The summed E-state index contributed by atoms with van der Waals surface area (Å²) >= 11 is 7.47. The van der Waals surface area contributed by atoms with Crippen molar-refractivity contribution in [3.05, 3.63) is 46.9 Å². The Morgan fingerprint density at radius 3 is 2.21 bits per heavy atom. The van der Waals surface area contributed by atoms with Crippen LogP contribution in [0.2, 0.25) is 5.28 Å². The van der Waals surface area contributed by atoms with Gasteiger partial charge in [-0.3, -0.25) is 0 Å². The van der Waals surface area contributed by atoms with E-state index in [1.54, 1.807) is 11.8 Å². The second kappa shape index (κ2) is 5.51. The molecule has 0 aliphatic heterocycles. The highest BCUT2D eigenvalue weighted by Gasteiger charge is 2.13. The van der Waals surface area contributed by atoms with Crippen LogP contribution < -0.4 is 0 Å². The third-order valence-corrected chi connectivity index (χ3v) is 3.84. The van der Waals surface area contributed by atoms with Crippen LogP contribution >= 0.6 is 23.4 Å². The third-order valence-electron chi connectivity index (χ3n) is 2.75. The van der Waals surface area contributed by atoms with Crippen LogP contribution in [0.1, 0.15) is 32.0 Å². The molecule has 0 atom stereocenters. The molecule has 0 saturated heterocycles. The first-order chi connectivity index (χ1) is 8.84. The number of aryl methyl sites for hydroxylation is 1. The van der Waals surface area contributed by atoms with E-state index in [0.29, 0.717) is 5.28 Å². The molecule has 0 saturated carbocycles. The van der Waals surface area contributed by atoms with Crippen molar-refractivity contribution in [1.29, 1.82) is 0 Å². The molecule has 0 fully saturated rings. The van der Waals surface area contributed by atoms with Gasteiger partial charge < -0.3 is 0 Å². The van der Waals surface area contributed by atoms with E-state index in [-0.39, 0.29) is 5.41 Å². The van der Waals surface area contributed by atoms with Gasteiger partial charge in [-0.25, -0.2) is 9.97 Å². The molecule has 0 aliphatic rings. The SMILES string of the molecule is Cc1cc(Sc2ccc(C(C)(C)C)cc2)nc(Cl)n1. The van der Waals surface area contributed by atoms with E-state index in [0.717, 1.165) is 15.6 Å². The zero-order valence-corrected chi connectivity index (χ0v) is 13.1. The summed E-state index contributed by atoms with van der Waals surface area (Å²) in [5.74, 6) is 0. The minimum absolute atomic E-state index is 0.179. The monoisotopic (exact) mass is 292 g/mol. The van der Waals surface area contributed by atoms with Gasteiger partial charge >= 0.3 is 0 Å². The van der Waals surface area contributed by atoms with Crippen molar-refractivity contribution >= 4 is 23.4 Å². The second-order valence-corrected chi connectivity index (χ2v) is 6.92. The van der Waals surface area contributed by atoms with E-state index < -0.39 is 0 Å². The summed E-state index contributed by atoms with van der Waals surface area (Å²) in [6.07, 6.45) is 0. The average molecular weight is 293 g/mol. The van der Waals surface area contributed by atoms with Gasteiger partial charge in [-0.05, 0) is 47.7 Å². The quantitative estimate of drug-likeness (QED) is 0.582. The summed E-state index contributed by atoms with van der Waals surface area (Å²) in [4.78, 5) is 9.44. The van der Waals surface area contributed by atoms with Gasteiger partial charge in [0.2, 0.25) is 5.28 Å². The maximum atomic E-state index is 5.87. The number of rotatable bonds is 2. The zero-order chi connectivity index (χ0) is 14.0. The smallest absolute Gasteiger partial charge is 0.223 e. The third kappa shape index (κ3) is 3.95. The Bertz CT molecular complexity index is 553. The highest BCUT2D eigenvalue weighted by molar-refractivity contribution is 7.99. The van der Waals surface area contributed by atoms with Crippen molar-refractivity contribution in [2.24, 2.45) is 0 Å². The van der Waals surface area contributed by atoms with Crippen molar-refractivity contribution in [1.82, 2.24) is 9.97 Å². The number of benzene rings is 1. The predicted molar refractivity (Wildman–Crippen MR) is 81.0 cm³/mol. The van der Waals surface area contributed by atoms with E-state index in [2.05, 4.69) is 55.0 Å². The summed E-state index contributed by atoms with van der Waals surface area (Å²) in [7, 11) is 0. The Kier molecular flexibility index (Phi) is 4.16. The largest absolute Gasteiger partial charge is 0.223 e. The Morgan fingerprint density at radius 1 is 1.05 bits per heavy atom. The lowest BCUT2D eigenvalue weighted by atomic mass is 9.87. The molecule has 1 aromatic carbocycles. The average Bonchev–Trinajstić information content (AvgIpc) is 2.26. The molecule has 0 unspecified atom stereocenters. The number of nitrogens with zero attached hydrogens (tertiary/aromatic N) is 2. The Morgan fingerprint density at radius 2 is 1.68 bits per heavy atom. The van der Waals surface area contributed by atoms with Crippen LogP contribution in [0.4, 0.5) is 0 Å². The van der Waals surface area contributed by atoms with Crippen molar-refractivity contribution in [3.63, 3.8) is 0 Å². The molecule has 2 rings (SSSR count). The lowest BCUT2D eigenvalue weighted by molar-refractivity contribution is 0.590. The molecule has 2 aromatic rings. The number of aromatic nitrogens is 2. The predicted octanol–water partition coefficient (Wildman–Crippen LogP) is 4.89. The first kappa shape index (κ1) is 14.4. The Labute approximate surface area is 123 Å². The van der Waals surface area contributed by atoms with Crippen LogP contribution in [0.3, 0.4) is 0 Å². The van der Waals surface area contributed by atoms with Crippen LogP contribution in [-0.4, -0.2) is 9.97 Å². The molecule has 2 nitrogen and oxygen atoms in total. The van der Waals surface area contributed by atoms with Gasteiger partial charge in [0.05, 0.1) is 0 Å². The fourth-order valence-corrected chi connectivity index (χ4v) is 2.85. The maximum absolute atomic E-state index is 5.87. The van der Waals surface area contributed by atoms with Crippen LogP contribution in [0.5, 0.6) is 0 Å². The van der Waals surface area contributed by atoms with Crippen LogP contribution in [0.25, 0.3) is 0 Å². The highest BCUT2D eigenvalue weighted by atomic mass is 35.5. The van der Waals surface area contributed by atoms with Crippen LogP contribution in [0, 0.1) is 6.92 Å². The Hall–Kier alpha value is -1.06. The van der Waals surface area contributed by atoms with Gasteiger partial charge in [0.1, 0.15) is 5.03 Å². The first-order valence-corrected chi connectivity index (χ1v) is 7.33. The normalized spacial score (nSPS) is 11.6. The lowest BCUT2D eigenvalue weighted by Crippen LogP contribution is -2.10. The lowest BCUT2D eigenvalue weighted by Gasteiger charge is -2.19. The Balaban J connectivity index is 2.20. The topological polar surface area (TPSA) is 25.8 Å². The minimum Gasteiger partial charge on any atom is -0.223 e. The molecule has 19 heavy (non-hydrogen) atoms. The fourth-order valence-electron chi connectivity index (χ4n) is 1.70. The molecule has 100 valence electrons. The molecule has 4 heteroatoms. The van der Waals surface area contributed by atoms with Crippen molar-refractivity contribution in [2.75, 3.05) is 0 Å². The number of hydrogen-bond donors (Lipinski definition) is 0.